The molecule has 5 rings (SSSR count). The number of rotatable bonds is 10. The molecule has 0 saturated carbocycles. The van der Waals surface area contributed by atoms with E-state index in [9.17, 15) is 19.8 Å². The fourth-order valence-corrected chi connectivity index (χ4v) is 5.28. The van der Waals surface area contributed by atoms with Crippen molar-refractivity contribution in [1.82, 2.24) is 35.1 Å². The topological polar surface area (TPSA) is 150 Å². The molecule has 3 heterocycles. The monoisotopic (exact) mass is 517 g/mol. The third-order valence-corrected chi connectivity index (χ3v) is 7.20. The van der Waals surface area contributed by atoms with Crippen molar-refractivity contribution in [3.8, 4) is 22.5 Å². The summed E-state index contributed by atoms with van der Waals surface area (Å²) in [6.07, 6.45) is 5.35. The average molecular weight is 518 g/mol. The molecule has 1 saturated heterocycles. The van der Waals surface area contributed by atoms with Crippen molar-refractivity contribution in [1.29, 1.82) is 0 Å². The number of aliphatic hydroxyl groups is 1. The molecular formula is C27H31N7O4. The number of carbonyl (C=O) groups is 2. The van der Waals surface area contributed by atoms with Gasteiger partial charge in [-0.1, -0.05) is 62.9 Å². The van der Waals surface area contributed by atoms with Gasteiger partial charge in [-0.25, -0.2) is 9.78 Å². The van der Waals surface area contributed by atoms with Crippen LogP contribution in [0.15, 0.2) is 48.8 Å². The van der Waals surface area contributed by atoms with Crippen molar-refractivity contribution in [2.45, 2.75) is 63.6 Å². The summed E-state index contributed by atoms with van der Waals surface area (Å²) in [5, 5.41) is 34.2. The van der Waals surface area contributed by atoms with Crippen molar-refractivity contribution < 1.29 is 19.8 Å². The van der Waals surface area contributed by atoms with Gasteiger partial charge >= 0.3 is 5.97 Å². The summed E-state index contributed by atoms with van der Waals surface area (Å²) in [6, 6.07) is 12.0. The highest BCUT2D eigenvalue weighted by Gasteiger charge is 2.41. The van der Waals surface area contributed by atoms with E-state index >= 15 is 0 Å². The number of fused-ring (bicyclic) bond motifs is 1. The van der Waals surface area contributed by atoms with Crippen LogP contribution in [-0.2, 0) is 9.59 Å². The van der Waals surface area contributed by atoms with Crippen molar-refractivity contribution in [3.63, 3.8) is 0 Å². The smallest absolute Gasteiger partial charge is 0.326 e. The number of β-amino-alcohol motifs (C(OH)–C–C–N with tert-alkyl or cyclic N) is 1. The number of nitrogens with zero attached hydrogens (tertiary/aromatic N) is 6. The van der Waals surface area contributed by atoms with E-state index < -0.39 is 24.2 Å². The van der Waals surface area contributed by atoms with E-state index in [2.05, 4.69) is 32.5 Å². The van der Waals surface area contributed by atoms with Gasteiger partial charge in [0, 0.05) is 18.5 Å². The number of amides is 1. The molecule has 1 aliphatic rings. The van der Waals surface area contributed by atoms with E-state index in [-0.39, 0.29) is 18.9 Å². The lowest BCUT2D eigenvalue weighted by atomic mass is 9.98. The zero-order valence-electron chi connectivity index (χ0n) is 21.2. The Hall–Kier alpha value is -4.12. The zero-order chi connectivity index (χ0) is 26.6. The van der Waals surface area contributed by atoms with Crippen LogP contribution in [0.3, 0.4) is 0 Å². The van der Waals surface area contributed by atoms with E-state index in [4.69, 9.17) is 0 Å². The van der Waals surface area contributed by atoms with Crippen LogP contribution in [0.5, 0.6) is 0 Å². The molecule has 0 aliphatic carbocycles. The summed E-state index contributed by atoms with van der Waals surface area (Å²) in [5.74, 6) is -0.902. The van der Waals surface area contributed by atoms with Crippen LogP contribution < -0.4 is 0 Å². The summed E-state index contributed by atoms with van der Waals surface area (Å²) in [7, 11) is 0. The van der Waals surface area contributed by atoms with Gasteiger partial charge in [0.1, 0.15) is 12.1 Å². The number of carboxylic acids is 1. The lowest BCUT2D eigenvalue weighted by Crippen LogP contribution is -2.44. The molecule has 1 aliphatic heterocycles. The third kappa shape index (κ3) is 5.01. The number of H-pyrrole nitrogens is 1. The first kappa shape index (κ1) is 25.5. The third-order valence-electron chi connectivity index (χ3n) is 7.20. The first-order chi connectivity index (χ1) is 18.5. The maximum absolute atomic E-state index is 13.8. The van der Waals surface area contributed by atoms with E-state index in [1.165, 1.54) is 4.90 Å². The Morgan fingerprint density at radius 2 is 1.95 bits per heavy atom. The molecule has 0 spiro atoms. The fourth-order valence-electron chi connectivity index (χ4n) is 5.28. The number of carboxylic acid groups (broad SMARTS) is 1. The Balaban J connectivity index is 1.49. The van der Waals surface area contributed by atoms with Crippen LogP contribution >= 0.6 is 0 Å². The van der Waals surface area contributed by atoms with Gasteiger partial charge in [-0.05, 0) is 34.9 Å². The Morgan fingerprint density at radius 3 is 2.68 bits per heavy atom. The molecule has 198 valence electrons. The van der Waals surface area contributed by atoms with Crippen LogP contribution in [0.25, 0.3) is 33.5 Å². The number of benzene rings is 2. The van der Waals surface area contributed by atoms with E-state index in [1.54, 1.807) is 6.33 Å². The maximum atomic E-state index is 13.8. The summed E-state index contributed by atoms with van der Waals surface area (Å²) in [6.45, 7) is 2.15. The number of hydrogen-bond donors (Lipinski definition) is 3. The number of aliphatic carboxylic acids is 1. The molecule has 3 N–H and O–H groups in total. The minimum absolute atomic E-state index is 0.0188. The van der Waals surface area contributed by atoms with E-state index in [0.29, 0.717) is 17.8 Å². The molecule has 4 aromatic rings. The molecule has 0 radical (unpaired) electrons. The minimum Gasteiger partial charge on any atom is -0.480 e. The lowest BCUT2D eigenvalue weighted by Gasteiger charge is -2.28. The highest BCUT2D eigenvalue weighted by molar-refractivity contribution is 5.90. The van der Waals surface area contributed by atoms with Crippen LogP contribution in [0.2, 0.25) is 0 Å². The normalized spacial score (nSPS) is 18.2. The van der Waals surface area contributed by atoms with Gasteiger partial charge in [0.2, 0.25) is 11.7 Å². The number of nitrogens with one attached hydrogen (secondary N) is 1. The Bertz CT molecular complexity index is 1420. The first-order valence-corrected chi connectivity index (χ1v) is 13.0. The summed E-state index contributed by atoms with van der Waals surface area (Å²) >= 11 is 0. The Labute approximate surface area is 219 Å². The molecule has 3 atom stereocenters. The lowest BCUT2D eigenvalue weighted by molar-refractivity contribution is -0.149. The second kappa shape index (κ2) is 11.1. The summed E-state index contributed by atoms with van der Waals surface area (Å²) in [4.78, 5) is 31.5. The van der Waals surface area contributed by atoms with Crippen molar-refractivity contribution in [2.24, 2.45) is 0 Å². The van der Waals surface area contributed by atoms with Crippen molar-refractivity contribution in [3.05, 3.63) is 48.8 Å². The molecule has 38 heavy (non-hydrogen) atoms. The van der Waals surface area contributed by atoms with E-state index in [1.807, 2.05) is 47.0 Å². The van der Waals surface area contributed by atoms with E-state index in [0.717, 1.165) is 47.9 Å². The van der Waals surface area contributed by atoms with Crippen LogP contribution in [0, 0.1) is 0 Å². The highest BCUT2D eigenvalue weighted by atomic mass is 16.4. The molecule has 1 fully saturated rings. The van der Waals surface area contributed by atoms with Gasteiger partial charge in [-0.2, -0.15) is 5.21 Å². The number of unbranched alkanes of at least 4 members (excludes halogenated alkanes) is 3. The molecule has 11 nitrogen and oxygen atoms in total. The highest BCUT2D eigenvalue weighted by Crippen LogP contribution is 2.33. The quantitative estimate of drug-likeness (QED) is 0.271. The second-order valence-corrected chi connectivity index (χ2v) is 9.74. The van der Waals surface area contributed by atoms with Gasteiger partial charge in [-0.15, -0.1) is 10.2 Å². The van der Waals surface area contributed by atoms with Crippen molar-refractivity contribution in [2.75, 3.05) is 6.54 Å². The molecule has 0 bridgehead atoms. The largest absolute Gasteiger partial charge is 0.480 e. The molecule has 3 unspecified atom stereocenters. The van der Waals surface area contributed by atoms with Gasteiger partial charge in [0.05, 0.1) is 23.5 Å². The average Bonchev–Trinajstić information content (AvgIpc) is 3.68. The number of likely N-dealkylation sites (tertiary alicyclic amines) is 1. The molecule has 2 aromatic carbocycles. The number of hydrogen-bond acceptors (Lipinski definition) is 7. The van der Waals surface area contributed by atoms with Crippen LogP contribution in [0.4, 0.5) is 0 Å². The number of aliphatic hydroxyl groups excluding tert-OH is 1. The van der Waals surface area contributed by atoms with Crippen LogP contribution in [0.1, 0.15) is 51.5 Å². The SMILES string of the molecule is CCCCCCC(C(=O)N1CC(O)CC1C(=O)O)n1cnc2cc(-c3ccccc3-c3nn[nH]n3)ccc21. The predicted molar refractivity (Wildman–Crippen MR) is 140 cm³/mol. The minimum atomic E-state index is -1.10. The van der Waals surface area contributed by atoms with Gasteiger partial charge in [0.15, 0.2) is 0 Å². The fraction of sp³-hybridized carbons (Fsp3) is 0.407. The zero-order valence-corrected chi connectivity index (χ0v) is 21.2. The number of imidazole rings is 1. The Kier molecular flexibility index (Phi) is 7.45. The van der Waals surface area contributed by atoms with Crippen molar-refractivity contribution >= 4 is 22.9 Å². The number of tetrazole rings is 1. The standard InChI is InChI=1S/C27H31N7O4/c1-2-3-4-5-10-23(26(36)33-15-18(35)14-24(33)27(37)38)34-16-28-21-13-17(11-12-22(21)34)19-8-6-7-9-20(19)25-29-31-32-30-25/h6-9,11-13,16,18,23-24,35H,2-5,10,14-15H2,1H3,(H,37,38)(H,29,30,31,32). The summed E-state index contributed by atoms with van der Waals surface area (Å²) in [5.41, 5.74) is 4.17. The van der Waals surface area contributed by atoms with Gasteiger partial charge in [0.25, 0.3) is 0 Å². The molecule has 11 heteroatoms. The summed E-state index contributed by atoms with van der Waals surface area (Å²) < 4.78 is 1.85. The second-order valence-electron chi connectivity index (χ2n) is 9.74. The Morgan fingerprint density at radius 1 is 1.13 bits per heavy atom. The number of carbonyl (C=O) groups excluding carboxylic acids is 1. The van der Waals surface area contributed by atoms with Crippen LogP contribution in [-0.4, -0.2) is 75.9 Å². The molecule has 2 aromatic heterocycles. The molecular weight excluding hydrogens is 486 g/mol. The number of aromatic amines is 1. The maximum Gasteiger partial charge on any atom is 0.326 e. The van der Waals surface area contributed by atoms with Gasteiger partial charge in [-0.3, -0.25) is 4.79 Å². The first-order valence-electron chi connectivity index (χ1n) is 13.0. The predicted octanol–water partition coefficient (Wildman–Crippen LogP) is 3.44. The number of aromatic nitrogens is 6. The van der Waals surface area contributed by atoms with Gasteiger partial charge < -0.3 is 19.7 Å². The molecule has 1 amide bonds.